The van der Waals surface area contributed by atoms with E-state index in [2.05, 4.69) is 36.1 Å². The second-order valence-corrected chi connectivity index (χ2v) is 19.0. The summed E-state index contributed by atoms with van der Waals surface area (Å²) in [4.78, 5) is 2.26. The first-order chi connectivity index (χ1) is 5.17. The second-order valence-electron chi connectivity index (χ2n) is 2.92. The van der Waals surface area contributed by atoms with Crippen molar-refractivity contribution in [2.45, 2.75) is 16.3 Å². The van der Waals surface area contributed by atoms with E-state index in [0.717, 1.165) is 0 Å². The summed E-state index contributed by atoms with van der Waals surface area (Å²) in [5.41, 5.74) is 0. The summed E-state index contributed by atoms with van der Waals surface area (Å²) in [6.45, 7) is 2.19. The molecule has 0 spiro atoms. The minimum absolute atomic E-state index is 1.17. The van der Waals surface area contributed by atoms with Gasteiger partial charge in [0, 0.05) is 0 Å². The molecule has 0 aliphatic rings. The Morgan fingerprint density at radius 2 is 1.82 bits per heavy atom. The SMILES string of the molecule is C[CH2][Sn]([CH3])([Cl])[c]1ccccc1. The van der Waals surface area contributed by atoms with Crippen LogP contribution >= 0.6 is 8.92 Å². The standard InChI is InChI=1S/C6H5.C2H5.CH3.ClH.Sn/c1-2-4-6-5-3-1;1-2;;;/h1-5H;1H2,2H3;1H3;1H;/q;;;;+1/p-1. The molecule has 1 rings (SSSR count). The molecule has 1 aromatic rings. The van der Waals surface area contributed by atoms with E-state index in [1.54, 1.807) is 0 Å². The zero-order valence-electron chi connectivity index (χ0n) is 6.97. The van der Waals surface area contributed by atoms with Gasteiger partial charge in [-0.15, -0.1) is 0 Å². The fourth-order valence-electron chi connectivity index (χ4n) is 0.990. The Kier molecular flexibility index (Phi) is 3.26. The number of hydrogen-bond donors (Lipinski definition) is 0. The van der Waals surface area contributed by atoms with Crippen molar-refractivity contribution in [2.24, 2.45) is 0 Å². The summed E-state index contributed by atoms with van der Waals surface area (Å²) < 4.78 is 2.58. The van der Waals surface area contributed by atoms with Gasteiger partial charge in [0.05, 0.1) is 0 Å². The zero-order chi connectivity index (χ0) is 8.32. The summed E-state index contributed by atoms with van der Waals surface area (Å²) >= 11 is -2.29. The molecule has 0 aliphatic heterocycles. The predicted molar refractivity (Wildman–Crippen MR) is 54.0 cm³/mol. The van der Waals surface area contributed by atoms with E-state index in [4.69, 9.17) is 8.92 Å². The third-order valence-corrected chi connectivity index (χ3v) is 13.5. The first-order valence-corrected chi connectivity index (χ1v) is 13.8. The van der Waals surface area contributed by atoms with Gasteiger partial charge in [-0.1, -0.05) is 0 Å². The van der Waals surface area contributed by atoms with Crippen molar-refractivity contribution >= 4 is 29.8 Å². The molecular weight excluding hydrogens is 262 g/mol. The van der Waals surface area contributed by atoms with E-state index < -0.39 is 17.3 Å². The zero-order valence-corrected chi connectivity index (χ0v) is 10.6. The molecule has 1 aromatic carbocycles. The van der Waals surface area contributed by atoms with Crippen molar-refractivity contribution in [1.82, 2.24) is 0 Å². The Labute approximate surface area is 76.2 Å². The van der Waals surface area contributed by atoms with E-state index in [0.29, 0.717) is 0 Å². The maximum absolute atomic E-state index is 6.46. The van der Waals surface area contributed by atoms with Crippen molar-refractivity contribution in [3.63, 3.8) is 0 Å². The summed E-state index contributed by atoms with van der Waals surface area (Å²) in [6, 6.07) is 10.5. The van der Waals surface area contributed by atoms with Gasteiger partial charge >= 0.3 is 76.4 Å². The average molecular weight is 275 g/mol. The van der Waals surface area contributed by atoms with Crippen LogP contribution in [-0.4, -0.2) is 17.3 Å². The van der Waals surface area contributed by atoms with Crippen molar-refractivity contribution < 1.29 is 0 Å². The van der Waals surface area contributed by atoms with E-state index in [1.165, 1.54) is 8.02 Å². The third kappa shape index (κ3) is 2.38. The molecule has 0 nitrogen and oxygen atoms in total. The van der Waals surface area contributed by atoms with Gasteiger partial charge in [0.15, 0.2) is 0 Å². The molecule has 0 saturated heterocycles. The molecule has 0 bridgehead atoms. The molecule has 0 aromatic heterocycles. The van der Waals surface area contributed by atoms with E-state index in [1.807, 2.05) is 6.07 Å². The van der Waals surface area contributed by atoms with Crippen molar-refractivity contribution in [1.29, 1.82) is 0 Å². The molecule has 2 heteroatoms. The summed E-state index contributed by atoms with van der Waals surface area (Å²) in [5, 5.41) is 0. The van der Waals surface area contributed by atoms with Crippen molar-refractivity contribution in [2.75, 3.05) is 0 Å². The summed E-state index contributed by atoms with van der Waals surface area (Å²) in [7, 11) is 6.46. The van der Waals surface area contributed by atoms with Gasteiger partial charge in [-0.3, -0.25) is 0 Å². The molecule has 0 saturated carbocycles. The average Bonchev–Trinajstić information content (AvgIpc) is 2.06. The van der Waals surface area contributed by atoms with Crippen LogP contribution in [0.3, 0.4) is 0 Å². The van der Waals surface area contributed by atoms with Gasteiger partial charge in [0.1, 0.15) is 0 Å². The van der Waals surface area contributed by atoms with Crippen LogP contribution in [0.15, 0.2) is 30.3 Å². The number of halogens is 1. The molecule has 0 heterocycles. The normalized spacial score (nSPS) is 15.9. The third-order valence-electron chi connectivity index (χ3n) is 2.04. The van der Waals surface area contributed by atoms with Crippen molar-refractivity contribution in [3.05, 3.63) is 30.3 Å². The molecule has 0 fully saturated rings. The van der Waals surface area contributed by atoms with Gasteiger partial charge in [-0.25, -0.2) is 0 Å². The minimum atomic E-state index is -2.29. The second kappa shape index (κ2) is 3.81. The topological polar surface area (TPSA) is 0 Å². The number of rotatable bonds is 2. The molecule has 1 atom stereocenters. The first-order valence-electron chi connectivity index (χ1n) is 3.91. The van der Waals surface area contributed by atoms with Crippen molar-refractivity contribution in [3.8, 4) is 0 Å². The summed E-state index contributed by atoms with van der Waals surface area (Å²) in [6.07, 6.45) is 0. The predicted octanol–water partition coefficient (Wildman–Crippen LogP) is 2.73. The van der Waals surface area contributed by atoms with Crippen LogP contribution in [-0.2, 0) is 0 Å². The molecule has 60 valence electrons. The van der Waals surface area contributed by atoms with Crippen LogP contribution in [0.25, 0.3) is 0 Å². The summed E-state index contributed by atoms with van der Waals surface area (Å²) in [5.74, 6) is 0. The molecule has 11 heavy (non-hydrogen) atoms. The molecule has 1 unspecified atom stereocenters. The van der Waals surface area contributed by atoms with Gasteiger partial charge in [-0.2, -0.15) is 0 Å². The molecule has 0 radical (unpaired) electrons. The van der Waals surface area contributed by atoms with E-state index in [9.17, 15) is 0 Å². The van der Waals surface area contributed by atoms with Gasteiger partial charge in [0.25, 0.3) is 0 Å². The Bertz CT molecular complexity index is 218. The number of hydrogen-bond acceptors (Lipinski definition) is 0. The van der Waals surface area contributed by atoms with Crippen LogP contribution in [0.5, 0.6) is 0 Å². The van der Waals surface area contributed by atoms with Gasteiger partial charge < -0.3 is 0 Å². The number of benzene rings is 1. The van der Waals surface area contributed by atoms with Crippen LogP contribution < -0.4 is 3.58 Å². The fourth-order valence-corrected chi connectivity index (χ4v) is 5.53. The molecular formula is C9H13ClSn. The molecule has 0 amide bonds. The monoisotopic (exact) mass is 276 g/mol. The maximum atomic E-state index is 6.46. The Morgan fingerprint density at radius 1 is 1.27 bits per heavy atom. The van der Waals surface area contributed by atoms with Crippen LogP contribution in [0.1, 0.15) is 6.92 Å². The van der Waals surface area contributed by atoms with Crippen LogP contribution in [0.4, 0.5) is 0 Å². The molecule has 0 N–H and O–H groups in total. The van der Waals surface area contributed by atoms with E-state index >= 15 is 0 Å². The quantitative estimate of drug-likeness (QED) is 0.728. The Balaban J connectivity index is 2.93. The van der Waals surface area contributed by atoms with Crippen LogP contribution in [0, 0.1) is 0 Å². The fraction of sp³-hybridized carbons (Fsp3) is 0.333. The Morgan fingerprint density at radius 3 is 2.27 bits per heavy atom. The van der Waals surface area contributed by atoms with Crippen LogP contribution in [0.2, 0.25) is 9.38 Å². The van der Waals surface area contributed by atoms with E-state index in [-0.39, 0.29) is 0 Å². The first kappa shape index (κ1) is 9.40. The Hall–Kier alpha value is 0.309. The van der Waals surface area contributed by atoms with Gasteiger partial charge in [-0.05, 0) is 0 Å². The molecule has 0 aliphatic carbocycles. The van der Waals surface area contributed by atoms with Gasteiger partial charge in [0.2, 0.25) is 0 Å².